The second-order valence-electron chi connectivity index (χ2n) is 7.92. The second kappa shape index (κ2) is 16.4. The summed E-state index contributed by atoms with van der Waals surface area (Å²) >= 11 is 0. The molecule has 35 heavy (non-hydrogen) atoms. The number of aliphatic hydroxyl groups is 1. The minimum atomic E-state index is -1.82. The fourth-order valence-electron chi connectivity index (χ4n) is 3.35. The van der Waals surface area contributed by atoms with Crippen molar-refractivity contribution in [1.82, 2.24) is 10.2 Å². The maximum atomic E-state index is 10.2. The molecule has 0 amide bonds. The van der Waals surface area contributed by atoms with Crippen LogP contribution in [0.15, 0.2) is 12.1 Å². The lowest BCUT2D eigenvalue weighted by Gasteiger charge is -2.24. The van der Waals surface area contributed by atoms with E-state index in [0.29, 0.717) is 19.2 Å². The highest BCUT2D eigenvalue weighted by molar-refractivity contribution is 6.27. The topological polar surface area (TPSA) is 194 Å². The van der Waals surface area contributed by atoms with Crippen molar-refractivity contribution in [3.8, 4) is 5.75 Å². The number of likely N-dealkylation sites (N-methyl/N-ethyl adjacent to an activating group) is 1. The van der Waals surface area contributed by atoms with Gasteiger partial charge >= 0.3 is 23.9 Å². The van der Waals surface area contributed by atoms with Crippen LogP contribution in [0.4, 0.5) is 0 Å². The summed E-state index contributed by atoms with van der Waals surface area (Å²) in [6.07, 6.45) is 2.07. The van der Waals surface area contributed by atoms with Gasteiger partial charge in [-0.25, -0.2) is 19.2 Å². The molecule has 1 aromatic rings. The van der Waals surface area contributed by atoms with Gasteiger partial charge in [0.05, 0.1) is 0 Å². The smallest absolute Gasteiger partial charge is 0.414 e. The van der Waals surface area contributed by atoms with Gasteiger partial charge < -0.3 is 35.6 Å². The van der Waals surface area contributed by atoms with Gasteiger partial charge in [-0.1, -0.05) is 19.1 Å². The molecule has 1 aromatic carbocycles. The van der Waals surface area contributed by atoms with Gasteiger partial charge in [-0.3, -0.25) is 4.90 Å². The maximum Gasteiger partial charge on any atom is 0.414 e. The lowest BCUT2D eigenvalue weighted by molar-refractivity contribution is -0.159. The van der Waals surface area contributed by atoms with E-state index in [9.17, 15) is 5.11 Å². The van der Waals surface area contributed by atoms with E-state index in [0.717, 1.165) is 30.0 Å². The van der Waals surface area contributed by atoms with Crippen molar-refractivity contribution in [1.29, 1.82) is 0 Å². The number of carbonyl (C=O) groups is 4. The Hall–Kier alpha value is -3.22. The number of likely N-dealkylation sites (tertiary alicyclic amines) is 1. The Morgan fingerprint density at radius 2 is 1.51 bits per heavy atom. The summed E-state index contributed by atoms with van der Waals surface area (Å²) in [6, 6.07) is 4.80. The Labute approximate surface area is 204 Å². The van der Waals surface area contributed by atoms with Gasteiger partial charge in [-0.2, -0.15) is 0 Å². The number of nitrogens with one attached hydrogen (secondary N) is 1. The Bertz CT molecular complexity index is 811. The number of carboxylic acids is 4. The van der Waals surface area contributed by atoms with Crippen LogP contribution in [-0.4, -0.2) is 99.2 Å². The second-order valence-corrected chi connectivity index (χ2v) is 7.92. The number of aryl methyl sites for hydroxylation is 2. The van der Waals surface area contributed by atoms with Crippen LogP contribution in [0.2, 0.25) is 0 Å². The molecule has 0 bridgehead atoms. The molecule has 0 spiro atoms. The zero-order valence-corrected chi connectivity index (χ0v) is 20.5. The predicted octanol–water partition coefficient (Wildman–Crippen LogP) is 0.737. The fourth-order valence-corrected chi connectivity index (χ4v) is 3.35. The van der Waals surface area contributed by atoms with Crippen LogP contribution in [0, 0.1) is 20.8 Å². The van der Waals surface area contributed by atoms with Crippen LogP contribution >= 0.6 is 0 Å². The molecule has 0 aliphatic carbocycles. The van der Waals surface area contributed by atoms with E-state index in [2.05, 4.69) is 43.1 Å². The molecule has 0 radical (unpaired) electrons. The number of rotatable bonds is 8. The van der Waals surface area contributed by atoms with Crippen LogP contribution in [0.3, 0.4) is 0 Å². The summed E-state index contributed by atoms with van der Waals surface area (Å²) in [4.78, 5) is 38.9. The first-order chi connectivity index (χ1) is 16.3. The number of hydrogen-bond donors (Lipinski definition) is 6. The van der Waals surface area contributed by atoms with Crippen molar-refractivity contribution < 1.29 is 49.4 Å². The van der Waals surface area contributed by atoms with Crippen molar-refractivity contribution in [2.45, 2.75) is 52.7 Å². The van der Waals surface area contributed by atoms with Crippen molar-refractivity contribution in [3.63, 3.8) is 0 Å². The molecule has 198 valence electrons. The summed E-state index contributed by atoms with van der Waals surface area (Å²) in [7, 11) is 0. The highest BCUT2D eigenvalue weighted by atomic mass is 16.5. The molecule has 0 aromatic heterocycles. The van der Waals surface area contributed by atoms with Crippen LogP contribution in [-0.2, 0) is 19.2 Å². The average molecular weight is 501 g/mol. The fraction of sp³-hybridized carbons (Fsp3) is 0.565. The van der Waals surface area contributed by atoms with Crippen molar-refractivity contribution in [2.75, 3.05) is 32.8 Å². The molecule has 6 N–H and O–H groups in total. The normalized spacial score (nSPS) is 15.6. The lowest BCUT2D eigenvalue weighted by atomic mass is 10.1. The highest BCUT2D eigenvalue weighted by Crippen LogP contribution is 2.25. The molecule has 1 saturated heterocycles. The minimum absolute atomic E-state index is 0.334. The van der Waals surface area contributed by atoms with E-state index in [1.165, 1.54) is 24.9 Å². The predicted molar refractivity (Wildman–Crippen MR) is 126 cm³/mol. The number of carboxylic acid groups (broad SMARTS) is 4. The first-order valence-corrected chi connectivity index (χ1v) is 11.1. The standard InChI is InChI=1S/C19H32N2O2.2C2H2O4/c1-5-21-10-6-7-17(21)11-20-12-18(22)13-23-19-15(3)9-8-14(2)16(19)4;2*3-1(4)2(5)6/h8-9,17-18,20,22H,5-7,10-13H2,1-4H3;2*(H,3,4)(H,5,6). The first kappa shape index (κ1) is 31.8. The zero-order valence-electron chi connectivity index (χ0n) is 20.5. The number of ether oxygens (including phenoxy) is 1. The highest BCUT2D eigenvalue weighted by Gasteiger charge is 2.22. The number of aliphatic carboxylic acids is 4. The number of hydrogen-bond acceptors (Lipinski definition) is 8. The van der Waals surface area contributed by atoms with Crippen LogP contribution in [0.25, 0.3) is 0 Å². The van der Waals surface area contributed by atoms with E-state index < -0.39 is 30.0 Å². The molecule has 1 aliphatic heterocycles. The van der Waals surface area contributed by atoms with Crippen LogP contribution < -0.4 is 10.1 Å². The molecule has 0 saturated carbocycles. The van der Waals surface area contributed by atoms with Crippen molar-refractivity contribution in [3.05, 3.63) is 28.8 Å². The van der Waals surface area contributed by atoms with E-state index in [1.807, 2.05) is 6.92 Å². The van der Waals surface area contributed by atoms with Crippen LogP contribution in [0.5, 0.6) is 5.75 Å². The average Bonchev–Trinajstić information content (AvgIpc) is 3.24. The molecule has 2 atom stereocenters. The minimum Gasteiger partial charge on any atom is -0.490 e. The van der Waals surface area contributed by atoms with Gasteiger partial charge in [0, 0.05) is 19.1 Å². The van der Waals surface area contributed by atoms with Gasteiger partial charge in [-0.05, 0) is 63.4 Å². The molecular weight excluding hydrogens is 464 g/mol. The van der Waals surface area contributed by atoms with E-state index in [-0.39, 0.29) is 0 Å². The molecule has 1 aliphatic rings. The Morgan fingerprint density at radius 1 is 1.00 bits per heavy atom. The molecular formula is C23H36N2O10. The Kier molecular flexibility index (Phi) is 14.9. The summed E-state index contributed by atoms with van der Waals surface area (Å²) < 4.78 is 5.87. The van der Waals surface area contributed by atoms with Gasteiger partial charge in [0.2, 0.25) is 0 Å². The largest absolute Gasteiger partial charge is 0.490 e. The van der Waals surface area contributed by atoms with Crippen molar-refractivity contribution >= 4 is 23.9 Å². The molecule has 1 heterocycles. The van der Waals surface area contributed by atoms with Gasteiger partial charge in [-0.15, -0.1) is 0 Å². The van der Waals surface area contributed by atoms with Crippen molar-refractivity contribution in [2.24, 2.45) is 0 Å². The Morgan fingerprint density at radius 3 is 2.00 bits per heavy atom. The SMILES string of the molecule is CCN1CCCC1CNCC(O)COc1c(C)ccc(C)c1C.O=C(O)C(=O)O.O=C(O)C(=O)O. The zero-order chi connectivity index (χ0) is 27.1. The molecule has 2 rings (SSSR count). The van der Waals surface area contributed by atoms with Gasteiger partial charge in [0.25, 0.3) is 0 Å². The quantitative estimate of drug-likeness (QED) is 0.274. The number of benzene rings is 1. The first-order valence-electron chi connectivity index (χ1n) is 11.1. The van der Waals surface area contributed by atoms with Gasteiger partial charge in [0.1, 0.15) is 18.5 Å². The lowest BCUT2D eigenvalue weighted by Crippen LogP contribution is -2.41. The third-order valence-electron chi connectivity index (χ3n) is 5.32. The number of nitrogens with zero attached hydrogens (tertiary/aromatic N) is 1. The van der Waals surface area contributed by atoms with E-state index in [1.54, 1.807) is 0 Å². The molecule has 12 heteroatoms. The summed E-state index contributed by atoms with van der Waals surface area (Å²) in [5.74, 6) is -6.38. The summed E-state index contributed by atoms with van der Waals surface area (Å²) in [5.41, 5.74) is 3.51. The van der Waals surface area contributed by atoms with Crippen LogP contribution in [0.1, 0.15) is 36.5 Å². The van der Waals surface area contributed by atoms with Gasteiger partial charge in [0.15, 0.2) is 0 Å². The monoisotopic (exact) mass is 500 g/mol. The third-order valence-corrected chi connectivity index (χ3v) is 5.32. The number of aliphatic hydroxyl groups excluding tert-OH is 1. The summed E-state index contributed by atoms with van der Waals surface area (Å²) in [6.45, 7) is 12.6. The summed E-state index contributed by atoms with van der Waals surface area (Å²) in [5, 5.41) is 43.1. The maximum absolute atomic E-state index is 10.2. The van der Waals surface area contributed by atoms with E-state index >= 15 is 0 Å². The third kappa shape index (κ3) is 12.7. The molecule has 2 unspecified atom stereocenters. The Balaban J connectivity index is 0.000000797. The molecule has 1 fully saturated rings. The molecule has 12 nitrogen and oxygen atoms in total. The van der Waals surface area contributed by atoms with E-state index in [4.69, 9.17) is 44.3 Å².